The third-order valence-corrected chi connectivity index (χ3v) is 3.41. The normalized spacial score (nSPS) is 11.1. The van der Waals surface area contributed by atoms with E-state index < -0.39 is 11.7 Å². The van der Waals surface area contributed by atoms with Crippen molar-refractivity contribution in [2.24, 2.45) is 0 Å². The number of para-hydroxylation sites is 1. The van der Waals surface area contributed by atoms with Crippen LogP contribution >= 0.6 is 0 Å². The highest BCUT2D eigenvalue weighted by Gasteiger charge is 2.16. The van der Waals surface area contributed by atoms with Crippen LogP contribution in [-0.4, -0.2) is 25.6 Å². The van der Waals surface area contributed by atoms with E-state index in [2.05, 4.69) is 9.97 Å². The number of carbonyl (C=O) groups is 1. The van der Waals surface area contributed by atoms with Gasteiger partial charge in [-0.1, -0.05) is 6.07 Å². The van der Waals surface area contributed by atoms with Crippen molar-refractivity contribution in [2.45, 2.75) is 20.4 Å². The third kappa shape index (κ3) is 2.12. The van der Waals surface area contributed by atoms with Crippen LogP contribution in [0, 0.1) is 13.8 Å². The summed E-state index contributed by atoms with van der Waals surface area (Å²) in [5.74, 6) is 0.0228. The molecule has 0 saturated heterocycles. The fourth-order valence-electron chi connectivity index (χ4n) is 2.26. The van der Waals surface area contributed by atoms with E-state index >= 15 is 0 Å². The Morgan fingerprint density at radius 1 is 1.43 bits per heavy atom. The number of benzene rings is 1. The van der Waals surface area contributed by atoms with Crippen molar-refractivity contribution < 1.29 is 14.3 Å². The average molecular weight is 287 g/mol. The smallest absolute Gasteiger partial charge is 0.337 e. The lowest BCUT2D eigenvalue weighted by Gasteiger charge is -2.00. The molecule has 0 atom stereocenters. The molecule has 21 heavy (non-hydrogen) atoms. The molecule has 0 spiro atoms. The van der Waals surface area contributed by atoms with E-state index in [1.807, 2.05) is 6.92 Å². The number of aromatic amines is 1. The van der Waals surface area contributed by atoms with Gasteiger partial charge in [-0.05, 0) is 26.0 Å². The first kappa shape index (κ1) is 13.2. The van der Waals surface area contributed by atoms with Crippen LogP contribution in [0.4, 0.5) is 0 Å². The summed E-state index contributed by atoms with van der Waals surface area (Å²) in [6, 6.07) is 4.73. The van der Waals surface area contributed by atoms with Crippen LogP contribution in [0.3, 0.4) is 0 Å². The molecular formula is C14H13N3O4. The molecule has 0 unspecified atom stereocenters. The zero-order valence-corrected chi connectivity index (χ0v) is 11.5. The van der Waals surface area contributed by atoms with E-state index in [4.69, 9.17) is 9.52 Å². The van der Waals surface area contributed by atoms with Gasteiger partial charge < -0.3 is 14.5 Å². The Labute approximate surface area is 118 Å². The largest absolute Gasteiger partial charge is 0.478 e. The lowest BCUT2D eigenvalue weighted by molar-refractivity contribution is 0.0699. The van der Waals surface area contributed by atoms with Crippen LogP contribution in [0.25, 0.3) is 11.0 Å². The molecule has 2 heterocycles. The summed E-state index contributed by atoms with van der Waals surface area (Å²) in [5, 5.41) is 9.15. The van der Waals surface area contributed by atoms with E-state index in [1.54, 1.807) is 19.1 Å². The number of aromatic carboxylic acids is 1. The molecule has 0 aliphatic heterocycles. The summed E-state index contributed by atoms with van der Waals surface area (Å²) in [7, 11) is 0. The maximum atomic E-state index is 12.1. The quantitative estimate of drug-likeness (QED) is 0.763. The van der Waals surface area contributed by atoms with Crippen LogP contribution < -0.4 is 5.69 Å². The molecule has 3 rings (SSSR count). The highest BCUT2D eigenvalue weighted by atomic mass is 16.4. The molecule has 0 fully saturated rings. The number of imidazole rings is 1. The molecule has 0 aliphatic rings. The Morgan fingerprint density at radius 2 is 2.19 bits per heavy atom. The van der Waals surface area contributed by atoms with Gasteiger partial charge in [-0.15, -0.1) is 0 Å². The maximum Gasteiger partial charge on any atom is 0.337 e. The first-order valence-electron chi connectivity index (χ1n) is 6.35. The minimum Gasteiger partial charge on any atom is -0.478 e. The first-order valence-corrected chi connectivity index (χ1v) is 6.35. The van der Waals surface area contributed by atoms with Crippen molar-refractivity contribution >= 4 is 17.0 Å². The predicted octanol–water partition coefficient (Wildman–Crippen LogP) is 1.68. The molecule has 0 amide bonds. The van der Waals surface area contributed by atoms with Gasteiger partial charge in [0.2, 0.25) is 5.89 Å². The van der Waals surface area contributed by atoms with Gasteiger partial charge in [-0.25, -0.2) is 14.6 Å². The Balaban J connectivity index is 2.15. The van der Waals surface area contributed by atoms with E-state index in [9.17, 15) is 9.59 Å². The van der Waals surface area contributed by atoms with Crippen molar-refractivity contribution in [3.63, 3.8) is 0 Å². The summed E-state index contributed by atoms with van der Waals surface area (Å²) in [6.07, 6.45) is 0. The molecule has 0 radical (unpaired) electrons. The van der Waals surface area contributed by atoms with Gasteiger partial charge in [0.15, 0.2) is 0 Å². The van der Waals surface area contributed by atoms with E-state index in [1.165, 1.54) is 10.6 Å². The van der Waals surface area contributed by atoms with Gasteiger partial charge in [-0.2, -0.15) is 0 Å². The molecule has 0 bridgehead atoms. The number of aryl methyl sites for hydroxylation is 2. The predicted molar refractivity (Wildman–Crippen MR) is 74.6 cm³/mol. The summed E-state index contributed by atoms with van der Waals surface area (Å²) in [4.78, 5) is 30.0. The van der Waals surface area contributed by atoms with Gasteiger partial charge in [0.25, 0.3) is 0 Å². The SMILES string of the molecule is Cc1nc(Cn2c(=O)[nH]c3c(C(=O)O)cccc32)oc1C. The second kappa shape index (κ2) is 4.62. The summed E-state index contributed by atoms with van der Waals surface area (Å²) < 4.78 is 6.88. The van der Waals surface area contributed by atoms with Crippen LogP contribution in [-0.2, 0) is 6.54 Å². The molecule has 108 valence electrons. The highest BCUT2D eigenvalue weighted by molar-refractivity contribution is 6.00. The monoisotopic (exact) mass is 287 g/mol. The molecule has 2 aromatic heterocycles. The summed E-state index contributed by atoms with van der Waals surface area (Å²) in [5.41, 5.74) is 1.24. The number of rotatable bonds is 3. The molecule has 1 aromatic carbocycles. The number of hydrogen-bond acceptors (Lipinski definition) is 4. The molecule has 0 aliphatic carbocycles. The van der Waals surface area contributed by atoms with Crippen molar-refractivity contribution in [3.05, 3.63) is 51.6 Å². The number of carboxylic acids is 1. The molecular weight excluding hydrogens is 274 g/mol. The topological polar surface area (TPSA) is 101 Å². The second-order valence-electron chi connectivity index (χ2n) is 4.77. The Kier molecular flexibility index (Phi) is 2.90. The average Bonchev–Trinajstić information content (AvgIpc) is 2.90. The standard InChI is InChI=1S/C14H13N3O4/c1-7-8(2)21-11(15-7)6-17-10-5-3-4-9(13(18)19)12(10)16-14(17)20/h3-5H,6H2,1-2H3,(H,16,20)(H,18,19). The van der Waals surface area contributed by atoms with Crippen LogP contribution in [0.2, 0.25) is 0 Å². The molecule has 2 N–H and O–H groups in total. The molecule has 0 saturated carbocycles. The highest BCUT2D eigenvalue weighted by Crippen LogP contribution is 2.17. The number of oxazole rings is 1. The van der Waals surface area contributed by atoms with Gasteiger partial charge in [0.1, 0.15) is 12.3 Å². The van der Waals surface area contributed by atoms with E-state index in [0.717, 1.165) is 5.69 Å². The number of nitrogens with zero attached hydrogens (tertiary/aromatic N) is 2. The second-order valence-corrected chi connectivity index (χ2v) is 4.77. The zero-order chi connectivity index (χ0) is 15.1. The minimum absolute atomic E-state index is 0.0584. The van der Waals surface area contributed by atoms with E-state index in [-0.39, 0.29) is 12.1 Å². The Hall–Kier alpha value is -2.83. The number of fused-ring (bicyclic) bond motifs is 1. The van der Waals surface area contributed by atoms with Crippen LogP contribution in [0.1, 0.15) is 27.7 Å². The van der Waals surface area contributed by atoms with Crippen molar-refractivity contribution in [1.82, 2.24) is 14.5 Å². The van der Waals surface area contributed by atoms with Crippen molar-refractivity contribution in [1.29, 1.82) is 0 Å². The Bertz CT molecular complexity index is 881. The van der Waals surface area contributed by atoms with Gasteiger partial charge >= 0.3 is 11.7 Å². The minimum atomic E-state index is -1.09. The lowest BCUT2D eigenvalue weighted by Crippen LogP contribution is -2.17. The zero-order valence-electron chi connectivity index (χ0n) is 11.5. The number of hydrogen-bond donors (Lipinski definition) is 2. The number of nitrogens with one attached hydrogen (secondary N) is 1. The summed E-state index contributed by atoms with van der Waals surface area (Å²) in [6.45, 7) is 3.77. The molecule has 3 aromatic rings. The first-order chi connectivity index (χ1) is 9.97. The Morgan fingerprint density at radius 3 is 2.81 bits per heavy atom. The lowest BCUT2D eigenvalue weighted by atomic mass is 10.2. The van der Waals surface area contributed by atoms with Crippen LogP contribution in [0.15, 0.2) is 27.4 Å². The fraction of sp³-hybridized carbons (Fsp3) is 0.214. The number of carboxylic acid groups (broad SMARTS) is 1. The van der Waals surface area contributed by atoms with Gasteiger partial charge in [-0.3, -0.25) is 4.57 Å². The van der Waals surface area contributed by atoms with Crippen molar-refractivity contribution in [3.8, 4) is 0 Å². The van der Waals surface area contributed by atoms with Crippen LogP contribution in [0.5, 0.6) is 0 Å². The van der Waals surface area contributed by atoms with E-state index in [0.29, 0.717) is 22.7 Å². The molecule has 7 heteroatoms. The van der Waals surface area contributed by atoms with Crippen molar-refractivity contribution in [2.75, 3.05) is 0 Å². The van der Waals surface area contributed by atoms with Gasteiger partial charge in [0.05, 0.1) is 22.3 Å². The summed E-state index contributed by atoms with van der Waals surface area (Å²) >= 11 is 0. The molecule has 7 nitrogen and oxygen atoms in total. The number of H-pyrrole nitrogens is 1. The fourth-order valence-corrected chi connectivity index (χ4v) is 2.26. The van der Waals surface area contributed by atoms with Gasteiger partial charge in [0, 0.05) is 0 Å². The number of aromatic nitrogens is 3. The third-order valence-electron chi connectivity index (χ3n) is 3.41. The maximum absolute atomic E-state index is 12.1.